The van der Waals surface area contributed by atoms with Gasteiger partial charge in [0.05, 0.1) is 0 Å². The van der Waals surface area contributed by atoms with Gasteiger partial charge in [0.2, 0.25) is 0 Å². The molecule has 0 saturated heterocycles. The maximum atomic E-state index is 10.5. The summed E-state index contributed by atoms with van der Waals surface area (Å²) in [6.07, 6.45) is 0. The number of hydrogen-bond donors (Lipinski definition) is 1. The van der Waals surface area contributed by atoms with Gasteiger partial charge in [0.1, 0.15) is 6.54 Å². The molecule has 0 amide bonds. The van der Waals surface area contributed by atoms with Crippen molar-refractivity contribution >= 4 is 11.7 Å². The number of nitrogens with two attached hydrogens (primary N) is 1. The average Bonchev–Trinajstić information content (AvgIpc) is 2.13. The summed E-state index contributed by atoms with van der Waals surface area (Å²) in [5.74, 6) is 0.0543. The first-order valence-electron chi connectivity index (χ1n) is 2.71. The van der Waals surface area contributed by atoms with Crippen LogP contribution in [0.3, 0.4) is 0 Å². The van der Waals surface area contributed by atoms with E-state index in [9.17, 15) is 4.79 Å². The number of carbonyl (C=O) groups excluding carboxylic acids is 1. The summed E-state index contributed by atoms with van der Waals surface area (Å²) in [7, 11) is 0. The molecule has 6 heteroatoms. The van der Waals surface area contributed by atoms with Gasteiger partial charge in [0.15, 0.2) is 5.78 Å². The van der Waals surface area contributed by atoms with E-state index in [1.54, 1.807) is 0 Å². The Balaban J connectivity index is 2.67. The number of anilines is 1. The van der Waals surface area contributed by atoms with Crippen LogP contribution < -0.4 is 5.73 Å². The van der Waals surface area contributed by atoms with E-state index < -0.39 is 0 Å². The predicted molar refractivity (Wildman–Crippen MR) is 32.9 cm³/mol. The van der Waals surface area contributed by atoms with E-state index in [1.165, 1.54) is 6.92 Å². The molecule has 0 aliphatic carbocycles. The van der Waals surface area contributed by atoms with Crippen LogP contribution in [0, 0.1) is 0 Å². The van der Waals surface area contributed by atoms with Crippen molar-refractivity contribution in [3.63, 3.8) is 0 Å². The molecular weight excluding hydrogens is 134 g/mol. The van der Waals surface area contributed by atoms with Crippen molar-refractivity contribution in [2.45, 2.75) is 13.5 Å². The number of Topliss-reactive ketones (excluding diaryl/α,β-unsaturated/α-hetero) is 1. The highest BCUT2D eigenvalue weighted by Gasteiger charge is 1.99. The number of carbonyl (C=O) groups is 1. The standard InChI is InChI=1S/C4H7N5O/c1-3(10)2-9-7-4(5)6-8-9/h2H2,1H3,(H2,5,7). The molecule has 6 nitrogen and oxygen atoms in total. The fourth-order valence-corrected chi connectivity index (χ4v) is 0.522. The van der Waals surface area contributed by atoms with Crippen LogP contribution in [-0.2, 0) is 11.3 Å². The summed E-state index contributed by atoms with van der Waals surface area (Å²) in [4.78, 5) is 11.6. The van der Waals surface area contributed by atoms with Crippen molar-refractivity contribution in [1.29, 1.82) is 0 Å². The molecule has 54 valence electrons. The molecule has 0 saturated carbocycles. The van der Waals surface area contributed by atoms with Crippen LogP contribution in [0.15, 0.2) is 0 Å². The average molecular weight is 141 g/mol. The fraction of sp³-hybridized carbons (Fsp3) is 0.500. The Labute approximate surface area is 57.0 Å². The SMILES string of the molecule is CC(=O)Cn1nnc(N)n1. The molecule has 2 N–H and O–H groups in total. The van der Waals surface area contributed by atoms with Gasteiger partial charge in [-0.25, -0.2) is 0 Å². The van der Waals surface area contributed by atoms with Crippen LogP contribution >= 0.6 is 0 Å². The highest BCUT2D eigenvalue weighted by atomic mass is 16.1. The molecular formula is C4H7N5O. The first-order chi connectivity index (χ1) is 4.68. The lowest BCUT2D eigenvalue weighted by molar-refractivity contribution is -0.117. The zero-order valence-corrected chi connectivity index (χ0v) is 5.48. The third-order valence-electron chi connectivity index (χ3n) is 0.832. The molecule has 1 heterocycles. The van der Waals surface area contributed by atoms with Crippen molar-refractivity contribution < 1.29 is 4.79 Å². The minimum absolute atomic E-state index is 0.0302. The zero-order chi connectivity index (χ0) is 7.56. The zero-order valence-electron chi connectivity index (χ0n) is 5.48. The van der Waals surface area contributed by atoms with E-state index in [0.29, 0.717) is 0 Å². The predicted octanol–water partition coefficient (Wildman–Crippen LogP) is -1.16. The maximum Gasteiger partial charge on any atom is 0.260 e. The lowest BCUT2D eigenvalue weighted by Gasteiger charge is -1.88. The van der Waals surface area contributed by atoms with Crippen molar-refractivity contribution in [1.82, 2.24) is 20.2 Å². The van der Waals surface area contributed by atoms with Gasteiger partial charge in [0.25, 0.3) is 5.95 Å². The van der Waals surface area contributed by atoms with Crippen molar-refractivity contribution in [2.24, 2.45) is 0 Å². The van der Waals surface area contributed by atoms with Gasteiger partial charge in [-0.05, 0) is 12.1 Å². The quantitative estimate of drug-likeness (QED) is 0.561. The van der Waals surface area contributed by atoms with Crippen LogP contribution in [0.1, 0.15) is 6.92 Å². The molecule has 0 fully saturated rings. The minimum Gasteiger partial charge on any atom is -0.365 e. The van der Waals surface area contributed by atoms with Crippen molar-refractivity contribution in [2.75, 3.05) is 5.73 Å². The summed E-state index contributed by atoms with van der Waals surface area (Å²) < 4.78 is 0. The number of aromatic nitrogens is 4. The fourth-order valence-electron chi connectivity index (χ4n) is 0.522. The van der Waals surface area contributed by atoms with E-state index >= 15 is 0 Å². The number of tetrazole rings is 1. The second-order valence-corrected chi connectivity index (χ2v) is 1.88. The number of nitrogens with zero attached hydrogens (tertiary/aromatic N) is 4. The summed E-state index contributed by atoms with van der Waals surface area (Å²) in [6.45, 7) is 1.57. The molecule has 1 aromatic heterocycles. The molecule has 10 heavy (non-hydrogen) atoms. The number of hydrogen-bond acceptors (Lipinski definition) is 5. The summed E-state index contributed by atoms with van der Waals surface area (Å²) in [6, 6.07) is 0. The number of ketones is 1. The molecule has 0 aromatic carbocycles. The largest absolute Gasteiger partial charge is 0.365 e. The van der Waals surface area contributed by atoms with Gasteiger partial charge in [-0.1, -0.05) is 5.10 Å². The normalized spacial score (nSPS) is 9.70. The molecule has 0 radical (unpaired) electrons. The Morgan fingerprint density at radius 1 is 1.80 bits per heavy atom. The van der Waals surface area contributed by atoms with E-state index in [-0.39, 0.29) is 18.3 Å². The molecule has 1 rings (SSSR count). The van der Waals surface area contributed by atoms with Gasteiger partial charge in [-0.2, -0.15) is 4.80 Å². The minimum atomic E-state index is -0.0302. The lowest BCUT2D eigenvalue weighted by Crippen LogP contribution is -2.09. The van der Waals surface area contributed by atoms with Crippen molar-refractivity contribution in [3.8, 4) is 0 Å². The van der Waals surface area contributed by atoms with Crippen LogP contribution in [0.25, 0.3) is 0 Å². The van der Waals surface area contributed by atoms with E-state index in [1.807, 2.05) is 0 Å². The Morgan fingerprint density at radius 3 is 2.90 bits per heavy atom. The highest BCUT2D eigenvalue weighted by molar-refractivity contribution is 5.74. The van der Waals surface area contributed by atoms with E-state index in [4.69, 9.17) is 5.73 Å². The summed E-state index contributed by atoms with van der Waals surface area (Å²) >= 11 is 0. The summed E-state index contributed by atoms with van der Waals surface area (Å²) in [5.41, 5.74) is 5.14. The first kappa shape index (κ1) is 6.66. The third-order valence-corrected chi connectivity index (χ3v) is 0.832. The molecule has 0 aliphatic heterocycles. The first-order valence-corrected chi connectivity index (χ1v) is 2.71. The topological polar surface area (TPSA) is 86.7 Å². The number of nitrogen functional groups attached to an aromatic ring is 1. The Kier molecular flexibility index (Phi) is 1.61. The van der Waals surface area contributed by atoms with Crippen LogP contribution in [0.4, 0.5) is 5.95 Å². The molecule has 0 unspecified atom stereocenters. The summed E-state index contributed by atoms with van der Waals surface area (Å²) in [5, 5.41) is 10.5. The van der Waals surface area contributed by atoms with Crippen LogP contribution in [-0.4, -0.2) is 26.0 Å². The van der Waals surface area contributed by atoms with Gasteiger partial charge in [-0.15, -0.1) is 5.10 Å². The number of rotatable bonds is 2. The lowest BCUT2D eigenvalue weighted by atomic mass is 10.5. The second-order valence-electron chi connectivity index (χ2n) is 1.88. The van der Waals surface area contributed by atoms with Crippen molar-refractivity contribution in [3.05, 3.63) is 0 Å². The maximum absolute atomic E-state index is 10.5. The molecule has 0 spiro atoms. The van der Waals surface area contributed by atoms with Gasteiger partial charge in [0, 0.05) is 0 Å². The molecule has 0 aliphatic rings. The highest BCUT2D eigenvalue weighted by Crippen LogP contribution is 1.84. The van der Waals surface area contributed by atoms with E-state index in [0.717, 1.165) is 4.80 Å². The van der Waals surface area contributed by atoms with Gasteiger partial charge >= 0.3 is 0 Å². The Hall–Kier alpha value is -1.46. The smallest absolute Gasteiger partial charge is 0.260 e. The monoisotopic (exact) mass is 141 g/mol. The Bertz CT molecular complexity index is 242. The molecule has 1 aromatic rings. The molecule has 0 bridgehead atoms. The Morgan fingerprint density at radius 2 is 2.50 bits per heavy atom. The van der Waals surface area contributed by atoms with Gasteiger partial charge < -0.3 is 5.73 Å². The second kappa shape index (κ2) is 2.42. The van der Waals surface area contributed by atoms with Crippen LogP contribution in [0.5, 0.6) is 0 Å². The van der Waals surface area contributed by atoms with Crippen LogP contribution in [0.2, 0.25) is 0 Å². The van der Waals surface area contributed by atoms with Gasteiger partial charge in [-0.3, -0.25) is 4.79 Å². The third kappa shape index (κ3) is 1.51. The molecule has 0 atom stereocenters. The van der Waals surface area contributed by atoms with E-state index in [2.05, 4.69) is 15.4 Å².